The Hall–Kier alpha value is -1.58. The third-order valence-corrected chi connectivity index (χ3v) is 3.56. The highest BCUT2D eigenvalue weighted by molar-refractivity contribution is 5.99. The van der Waals surface area contributed by atoms with E-state index in [0.29, 0.717) is 5.56 Å². The Morgan fingerprint density at radius 2 is 2.22 bits per heavy atom. The van der Waals surface area contributed by atoms with Crippen LogP contribution >= 0.6 is 0 Å². The van der Waals surface area contributed by atoms with E-state index in [2.05, 4.69) is 19.2 Å². The lowest BCUT2D eigenvalue weighted by molar-refractivity contribution is 0.0937. The fourth-order valence-electron chi connectivity index (χ4n) is 2.56. The van der Waals surface area contributed by atoms with Gasteiger partial charge in [-0.05, 0) is 42.9 Å². The van der Waals surface area contributed by atoms with E-state index in [9.17, 15) is 9.18 Å². The second-order valence-corrected chi connectivity index (χ2v) is 5.81. The zero-order valence-electron chi connectivity index (χ0n) is 10.8. The summed E-state index contributed by atoms with van der Waals surface area (Å²) in [6.45, 7) is 4.40. The first-order chi connectivity index (χ1) is 8.37. The van der Waals surface area contributed by atoms with Crippen LogP contribution < -0.4 is 11.1 Å². The molecule has 0 heterocycles. The number of rotatable bonds is 2. The lowest BCUT2D eigenvalue weighted by atomic mass is 9.92. The lowest BCUT2D eigenvalue weighted by Crippen LogP contribution is -2.33. The first kappa shape index (κ1) is 12.9. The molecule has 0 aliphatic heterocycles. The van der Waals surface area contributed by atoms with Crippen molar-refractivity contribution in [3.63, 3.8) is 0 Å². The van der Waals surface area contributed by atoms with Gasteiger partial charge in [-0.2, -0.15) is 0 Å². The molecule has 4 heteroatoms. The summed E-state index contributed by atoms with van der Waals surface area (Å²) in [6, 6.07) is 4.05. The summed E-state index contributed by atoms with van der Waals surface area (Å²) in [4.78, 5) is 12.0. The minimum absolute atomic E-state index is 0.185. The molecule has 3 N–H and O–H groups in total. The van der Waals surface area contributed by atoms with Crippen LogP contribution in [0.1, 0.15) is 43.5 Å². The second kappa shape index (κ2) is 4.59. The van der Waals surface area contributed by atoms with Crippen LogP contribution in [0.2, 0.25) is 0 Å². The van der Waals surface area contributed by atoms with Gasteiger partial charge in [0.1, 0.15) is 5.82 Å². The Bertz CT molecular complexity index is 471. The van der Waals surface area contributed by atoms with Crippen molar-refractivity contribution in [1.29, 1.82) is 0 Å². The molecule has 3 nitrogen and oxygen atoms in total. The predicted molar refractivity (Wildman–Crippen MR) is 69.7 cm³/mol. The molecule has 98 valence electrons. The number of hydrogen-bond acceptors (Lipinski definition) is 2. The molecule has 0 bridgehead atoms. The maximum Gasteiger partial charge on any atom is 0.253 e. The summed E-state index contributed by atoms with van der Waals surface area (Å²) < 4.78 is 12.9. The fraction of sp³-hybridized carbons (Fsp3) is 0.500. The molecule has 0 aromatic heterocycles. The number of nitrogens with two attached hydrogens (primary N) is 1. The van der Waals surface area contributed by atoms with E-state index in [0.717, 1.165) is 19.3 Å². The molecule has 1 amide bonds. The molecule has 0 radical (unpaired) electrons. The van der Waals surface area contributed by atoms with Gasteiger partial charge in [0.2, 0.25) is 0 Å². The second-order valence-electron chi connectivity index (χ2n) is 5.81. The monoisotopic (exact) mass is 250 g/mol. The molecule has 1 aliphatic carbocycles. The maximum atomic E-state index is 12.9. The summed E-state index contributed by atoms with van der Waals surface area (Å²) >= 11 is 0. The third-order valence-electron chi connectivity index (χ3n) is 3.56. The van der Waals surface area contributed by atoms with E-state index in [1.807, 2.05) is 0 Å². The van der Waals surface area contributed by atoms with Gasteiger partial charge in [-0.15, -0.1) is 0 Å². The van der Waals surface area contributed by atoms with Crippen LogP contribution in [0.4, 0.5) is 10.1 Å². The Labute approximate surface area is 107 Å². The number of nitrogen functional groups attached to an aromatic ring is 1. The van der Waals surface area contributed by atoms with Crippen LogP contribution in [0, 0.1) is 11.2 Å². The quantitative estimate of drug-likeness (QED) is 0.793. The number of benzene rings is 1. The van der Waals surface area contributed by atoms with Crippen molar-refractivity contribution in [3.05, 3.63) is 29.6 Å². The van der Waals surface area contributed by atoms with Gasteiger partial charge in [-0.25, -0.2) is 4.39 Å². The number of hydrogen-bond donors (Lipinski definition) is 2. The molecule has 1 fully saturated rings. The fourth-order valence-corrected chi connectivity index (χ4v) is 2.56. The third kappa shape index (κ3) is 2.81. The maximum absolute atomic E-state index is 12.9. The van der Waals surface area contributed by atoms with Gasteiger partial charge >= 0.3 is 0 Å². The number of anilines is 1. The van der Waals surface area contributed by atoms with Gasteiger partial charge in [0.25, 0.3) is 5.91 Å². The molecule has 1 aliphatic rings. The van der Waals surface area contributed by atoms with Crippen LogP contribution in [-0.4, -0.2) is 11.9 Å². The van der Waals surface area contributed by atoms with Crippen molar-refractivity contribution in [3.8, 4) is 0 Å². The van der Waals surface area contributed by atoms with Crippen molar-refractivity contribution >= 4 is 11.6 Å². The molecule has 0 spiro atoms. The minimum Gasteiger partial charge on any atom is -0.398 e. The largest absolute Gasteiger partial charge is 0.398 e. The average Bonchev–Trinajstić information content (AvgIpc) is 2.57. The molecule has 18 heavy (non-hydrogen) atoms. The zero-order chi connectivity index (χ0) is 13.3. The van der Waals surface area contributed by atoms with E-state index in [-0.39, 0.29) is 23.1 Å². The van der Waals surface area contributed by atoms with E-state index in [1.54, 1.807) is 0 Å². The highest BCUT2D eigenvalue weighted by atomic mass is 19.1. The number of halogens is 1. The Morgan fingerprint density at radius 1 is 1.50 bits per heavy atom. The topological polar surface area (TPSA) is 55.1 Å². The molecule has 1 saturated carbocycles. The zero-order valence-corrected chi connectivity index (χ0v) is 10.8. The van der Waals surface area contributed by atoms with E-state index in [1.165, 1.54) is 18.2 Å². The molecule has 2 rings (SSSR count). The van der Waals surface area contributed by atoms with Gasteiger partial charge in [-0.1, -0.05) is 13.8 Å². The highest BCUT2D eigenvalue weighted by Crippen LogP contribution is 2.37. The average molecular weight is 250 g/mol. The molecule has 0 saturated heterocycles. The SMILES string of the molecule is CC1(C)CCC(NC(=O)c2ccc(F)cc2N)C1. The van der Waals surface area contributed by atoms with Crippen molar-refractivity contribution in [1.82, 2.24) is 5.32 Å². The number of amides is 1. The van der Waals surface area contributed by atoms with E-state index in [4.69, 9.17) is 5.73 Å². The van der Waals surface area contributed by atoms with Crippen molar-refractivity contribution in [2.45, 2.75) is 39.2 Å². The summed E-state index contributed by atoms with van der Waals surface area (Å²) in [6.07, 6.45) is 3.07. The smallest absolute Gasteiger partial charge is 0.253 e. The van der Waals surface area contributed by atoms with Crippen LogP contribution in [-0.2, 0) is 0 Å². The summed E-state index contributed by atoms with van der Waals surface area (Å²) in [5.41, 5.74) is 6.47. The molecule has 1 aromatic carbocycles. The Kier molecular flexibility index (Phi) is 3.28. The van der Waals surface area contributed by atoms with Crippen LogP contribution in [0.3, 0.4) is 0 Å². The van der Waals surface area contributed by atoms with Gasteiger partial charge < -0.3 is 11.1 Å². The van der Waals surface area contributed by atoms with Crippen molar-refractivity contribution in [2.75, 3.05) is 5.73 Å². The van der Waals surface area contributed by atoms with E-state index < -0.39 is 5.82 Å². The summed E-state index contributed by atoms with van der Waals surface area (Å²) in [5, 5.41) is 2.97. The van der Waals surface area contributed by atoms with Gasteiger partial charge in [0, 0.05) is 11.7 Å². The first-order valence-corrected chi connectivity index (χ1v) is 6.23. The molecule has 1 atom stereocenters. The molecular formula is C14H19FN2O. The van der Waals surface area contributed by atoms with Gasteiger partial charge in [0.15, 0.2) is 0 Å². The number of nitrogens with one attached hydrogen (secondary N) is 1. The number of carbonyl (C=O) groups is 1. The first-order valence-electron chi connectivity index (χ1n) is 6.23. The van der Waals surface area contributed by atoms with Gasteiger partial charge in [0.05, 0.1) is 5.56 Å². The molecular weight excluding hydrogens is 231 g/mol. The van der Waals surface area contributed by atoms with Gasteiger partial charge in [-0.3, -0.25) is 4.79 Å². The summed E-state index contributed by atoms with van der Waals surface area (Å²) in [5.74, 6) is -0.638. The summed E-state index contributed by atoms with van der Waals surface area (Å²) in [7, 11) is 0. The standard InChI is InChI=1S/C14H19FN2O/c1-14(2)6-5-10(8-14)17-13(18)11-4-3-9(15)7-12(11)16/h3-4,7,10H,5-6,8,16H2,1-2H3,(H,17,18). The van der Waals surface area contributed by atoms with E-state index >= 15 is 0 Å². The normalized spacial score (nSPS) is 21.8. The van der Waals surface area contributed by atoms with Crippen LogP contribution in [0.15, 0.2) is 18.2 Å². The molecule has 1 unspecified atom stereocenters. The Morgan fingerprint density at radius 3 is 2.78 bits per heavy atom. The van der Waals surface area contributed by atoms with Crippen LogP contribution in [0.25, 0.3) is 0 Å². The number of carbonyl (C=O) groups excluding carboxylic acids is 1. The minimum atomic E-state index is -0.425. The predicted octanol–water partition coefficient (Wildman–Crippen LogP) is 2.72. The van der Waals surface area contributed by atoms with Crippen LogP contribution in [0.5, 0.6) is 0 Å². The van der Waals surface area contributed by atoms with Crippen molar-refractivity contribution in [2.24, 2.45) is 5.41 Å². The lowest BCUT2D eigenvalue weighted by Gasteiger charge is -2.18. The molecule has 1 aromatic rings. The van der Waals surface area contributed by atoms with Crippen molar-refractivity contribution < 1.29 is 9.18 Å². The Balaban J connectivity index is 2.04. The highest BCUT2D eigenvalue weighted by Gasteiger charge is 2.31.